The minimum Gasteiger partial charge on any atom is -0.452 e. The lowest BCUT2D eigenvalue weighted by Gasteiger charge is -2.19. The van der Waals surface area contributed by atoms with Crippen LogP contribution in [0.2, 0.25) is 0 Å². The molecular formula is C20H25N3O5S. The number of hydrogen-bond acceptors (Lipinski definition) is 6. The highest BCUT2D eigenvalue weighted by atomic mass is 32.2. The van der Waals surface area contributed by atoms with Crippen LogP contribution in [0, 0.1) is 0 Å². The summed E-state index contributed by atoms with van der Waals surface area (Å²) in [6, 6.07) is 15.3. The van der Waals surface area contributed by atoms with Crippen LogP contribution in [0.3, 0.4) is 0 Å². The fraction of sp³-hybridized carbons (Fsp3) is 0.300. The monoisotopic (exact) mass is 419 g/mol. The Morgan fingerprint density at radius 3 is 2.48 bits per heavy atom. The van der Waals surface area contributed by atoms with E-state index >= 15 is 0 Å². The van der Waals surface area contributed by atoms with Crippen LogP contribution in [-0.4, -0.2) is 54.1 Å². The molecule has 0 radical (unpaired) electrons. The largest absolute Gasteiger partial charge is 0.452 e. The fourth-order valence-corrected chi connectivity index (χ4v) is 3.30. The summed E-state index contributed by atoms with van der Waals surface area (Å²) in [6.45, 7) is 0.774. The molecule has 2 aromatic rings. The Bertz CT molecular complexity index is 932. The molecule has 29 heavy (non-hydrogen) atoms. The minimum absolute atomic E-state index is 0.0542. The van der Waals surface area contributed by atoms with Gasteiger partial charge in [-0.2, -0.15) is 0 Å². The zero-order chi connectivity index (χ0) is 21.3. The molecule has 0 aliphatic rings. The number of sulfonamides is 1. The smallest absolute Gasteiger partial charge is 0.338 e. The van der Waals surface area contributed by atoms with Crippen molar-refractivity contribution in [1.82, 2.24) is 10.0 Å². The molecule has 2 rings (SSSR count). The van der Waals surface area contributed by atoms with E-state index in [2.05, 4.69) is 14.9 Å². The number of rotatable bonds is 10. The van der Waals surface area contributed by atoms with Gasteiger partial charge in [0, 0.05) is 25.8 Å². The number of ether oxygens (including phenoxy) is 1. The minimum atomic E-state index is -3.67. The van der Waals surface area contributed by atoms with Gasteiger partial charge in [-0.3, -0.25) is 4.79 Å². The van der Waals surface area contributed by atoms with Crippen LogP contribution in [0.15, 0.2) is 59.5 Å². The second kappa shape index (κ2) is 10.6. The van der Waals surface area contributed by atoms with Gasteiger partial charge in [-0.25, -0.2) is 17.9 Å². The number of benzene rings is 2. The summed E-state index contributed by atoms with van der Waals surface area (Å²) in [5.74, 6) is -1.18. The first-order valence-corrected chi connectivity index (χ1v) is 10.6. The van der Waals surface area contributed by atoms with Crippen molar-refractivity contribution < 1.29 is 22.7 Å². The molecule has 0 aromatic heterocycles. The quantitative estimate of drug-likeness (QED) is 0.446. The summed E-state index contributed by atoms with van der Waals surface area (Å²) >= 11 is 0. The van der Waals surface area contributed by atoms with Gasteiger partial charge in [-0.1, -0.05) is 24.3 Å². The molecule has 0 atom stereocenters. The van der Waals surface area contributed by atoms with Gasteiger partial charge in [0.05, 0.1) is 10.5 Å². The number of para-hydroxylation sites is 1. The summed E-state index contributed by atoms with van der Waals surface area (Å²) < 4.78 is 30.7. The molecule has 0 unspecified atom stereocenters. The van der Waals surface area contributed by atoms with Crippen LogP contribution < -0.4 is 14.9 Å². The third kappa shape index (κ3) is 6.88. The molecule has 0 spiro atoms. The first kappa shape index (κ1) is 22.4. The Morgan fingerprint density at radius 2 is 1.79 bits per heavy atom. The second-order valence-corrected chi connectivity index (χ2v) is 8.16. The van der Waals surface area contributed by atoms with Gasteiger partial charge in [-0.05, 0) is 43.8 Å². The SMILES string of the molecule is CNS(=O)(=O)c1cccc(C(=O)OCC(=O)NCCCN(C)c2ccccc2)c1. The maximum atomic E-state index is 12.1. The summed E-state index contributed by atoms with van der Waals surface area (Å²) in [6.07, 6.45) is 0.731. The zero-order valence-electron chi connectivity index (χ0n) is 16.4. The van der Waals surface area contributed by atoms with Gasteiger partial charge in [0.1, 0.15) is 0 Å². The van der Waals surface area contributed by atoms with Gasteiger partial charge in [-0.15, -0.1) is 0 Å². The summed E-state index contributed by atoms with van der Waals surface area (Å²) in [4.78, 5) is 26.0. The van der Waals surface area contributed by atoms with E-state index in [0.29, 0.717) is 6.54 Å². The number of nitrogens with one attached hydrogen (secondary N) is 2. The predicted molar refractivity (Wildman–Crippen MR) is 110 cm³/mol. The number of nitrogens with zero attached hydrogens (tertiary/aromatic N) is 1. The molecule has 0 saturated heterocycles. The highest BCUT2D eigenvalue weighted by molar-refractivity contribution is 7.89. The fourth-order valence-electron chi connectivity index (χ4n) is 2.53. The van der Waals surface area contributed by atoms with E-state index in [0.717, 1.165) is 18.7 Å². The van der Waals surface area contributed by atoms with Crippen molar-refractivity contribution in [2.45, 2.75) is 11.3 Å². The van der Waals surface area contributed by atoms with E-state index in [4.69, 9.17) is 4.74 Å². The van der Waals surface area contributed by atoms with Crippen LogP contribution >= 0.6 is 0 Å². The first-order chi connectivity index (χ1) is 13.8. The van der Waals surface area contributed by atoms with Crippen molar-refractivity contribution in [2.75, 3.05) is 38.7 Å². The van der Waals surface area contributed by atoms with Crippen LogP contribution in [0.5, 0.6) is 0 Å². The van der Waals surface area contributed by atoms with Crippen LogP contribution in [0.1, 0.15) is 16.8 Å². The number of carbonyl (C=O) groups excluding carboxylic acids is 2. The number of amides is 1. The maximum absolute atomic E-state index is 12.1. The Kier molecular flexibility index (Phi) is 8.17. The standard InChI is InChI=1S/C20H25N3O5S/c1-21-29(26,27)18-11-6-8-16(14-18)20(25)28-15-19(24)22-12-7-13-23(2)17-9-4-3-5-10-17/h3-6,8-11,14,21H,7,12-13,15H2,1-2H3,(H,22,24). The third-order valence-electron chi connectivity index (χ3n) is 4.17. The molecule has 0 aliphatic heterocycles. The van der Waals surface area contributed by atoms with Gasteiger partial charge in [0.15, 0.2) is 6.61 Å². The van der Waals surface area contributed by atoms with E-state index in [1.165, 1.54) is 31.3 Å². The van der Waals surface area contributed by atoms with E-state index < -0.39 is 28.5 Å². The molecule has 0 fully saturated rings. The van der Waals surface area contributed by atoms with Gasteiger partial charge >= 0.3 is 5.97 Å². The van der Waals surface area contributed by atoms with Gasteiger partial charge in [0.2, 0.25) is 10.0 Å². The molecule has 0 saturated carbocycles. The molecule has 1 amide bonds. The van der Waals surface area contributed by atoms with E-state index in [1.807, 2.05) is 37.4 Å². The zero-order valence-corrected chi connectivity index (χ0v) is 17.2. The molecule has 9 heteroatoms. The first-order valence-electron chi connectivity index (χ1n) is 9.07. The number of carbonyl (C=O) groups is 2. The van der Waals surface area contributed by atoms with Crippen LogP contribution in [0.4, 0.5) is 5.69 Å². The number of hydrogen-bond donors (Lipinski definition) is 2. The summed E-state index contributed by atoms with van der Waals surface area (Å²) in [7, 11) is -0.415. The number of esters is 1. The lowest BCUT2D eigenvalue weighted by atomic mass is 10.2. The molecular weight excluding hydrogens is 394 g/mol. The average molecular weight is 420 g/mol. The topological polar surface area (TPSA) is 105 Å². The van der Waals surface area contributed by atoms with Crippen molar-refractivity contribution in [3.8, 4) is 0 Å². The lowest BCUT2D eigenvalue weighted by molar-refractivity contribution is -0.124. The Morgan fingerprint density at radius 1 is 1.07 bits per heavy atom. The highest BCUT2D eigenvalue weighted by Gasteiger charge is 2.16. The average Bonchev–Trinajstić information content (AvgIpc) is 2.75. The van der Waals surface area contributed by atoms with Crippen LogP contribution in [-0.2, 0) is 19.6 Å². The Labute approximate surface area is 170 Å². The highest BCUT2D eigenvalue weighted by Crippen LogP contribution is 2.12. The normalized spacial score (nSPS) is 11.0. The maximum Gasteiger partial charge on any atom is 0.338 e. The van der Waals surface area contributed by atoms with Crippen molar-refractivity contribution in [1.29, 1.82) is 0 Å². The molecule has 0 bridgehead atoms. The third-order valence-corrected chi connectivity index (χ3v) is 5.58. The molecule has 156 valence electrons. The van der Waals surface area contributed by atoms with Crippen molar-refractivity contribution in [3.63, 3.8) is 0 Å². The second-order valence-electron chi connectivity index (χ2n) is 6.27. The van der Waals surface area contributed by atoms with E-state index in [1.54, 1.807) is 0 Å². The van der Waals surface area contributed by atoms with Crippen molar-refractivity contribution >= 4 is 27.6 Å². The Balaban J connectivity index is 1.74. The molecule has 0 aliphatic carbocycles. The Hall–Kier alpha value is -2.91. The summed E-state index contributed by atoms with van der Waals surface area (Å²) in [5, 5.41) is 2.69. The van der Waals surface area contributed by atoms with Crippen molar-refractivity contribution in [2.24, 2.45) is 0 Å². The molecule has 2 aromatic carbocycles. The lowest BCUT2D eigenvalue weighted by Crippen LogP contribution is -2.31. The van der Waals surface area contributed by atoms with Crippen LogP contribution in [0.25, 0.3) is 0 Å². The molecule has 2 N–H and O–H groups in total. The number of anilines is 1. The van der Waals surface area contributed by atoms with E-state index in [9.17, 15) is 18.0 Å². The predicted octanol–water partition coefficient (Wildman–Crippen LogP) is 1.39. The molecule has 0 heterocycles. The van der Waals surface area contributed by atoms with Crippen molar-refractivity contribution in [3.05, 3.63) is 60.2 Å². The molecule has 8 nitrogen and oxygen atoms in total. The van der Waals surface area contributed by atoms with Gasteiger partial charge in [0.25, 0.3) is 5.91 Å². The van der Waals surface area contributed by atoms with E-state index in [-0.39, 0.29) is 10.5 Å². The summed E-state index contributed by atoms with van der Waals surface area (Å²) in [5.41, 5.74) is 1.15. The van der Waals surface area contributed by atoms with Gasteiger partial charge < -0.3 is 15.0 Å².